The lowest BCUT2D eigenvalue weighted by atomic mass is 10.2. The van der Waals surface area contributed by atoms with Gasteiger partial charge in [-0.05, 0) is 40.0 Å². The minimum Gasteiger partial charge on any atom is -0.478 e. The molecule has 5 nitrogen and oxygen atoms in total. The van der Waals surface area contributed by atoms with Crippen LogP contribution < -0.4 is 10.2 Å². The molecule has 0 aromatic carbocycles. The second-order valence-electron chi connectivity index (χ2n) is 5.31. The molecule has 0 atom stereocenters. The van der Waals surface area contributed by atoms with Gasteiger partial charge in [0.15, 0.2) is 0 Å². The molecule has 0 unspecified atom stereocenters. The van der Waals surface area contributed by atoms with Crippen molar-refractivity contribution < 1.29 is 9.90 Å². The summed E-state index contributed by atoms with van der Waals surface area (Å²) in [5.41, 5.74) is 1.00. The van der Waals surface area contributed by atoms with E-state index in [9.17, 15) is 4.79 Å². The van der Waals surface area contributed by atoms with Crippen molar-refractivity contribution in [2.45, 2.75) is 46.7 Å². The Balaban J connectivity index is 0.000000621. The lowest BCUT2D eigenvalue weighted by molar-refractivity contribution is 0.0696. The maximum Gasteiger partial charge on any atom is 0.335 e. The summed E-state index contributed by atoms with van der Waals surface area (Å²) in [4.78, 5) is 17.1. The molecule has 5 heteroatoms. The SMILES string of the molecule is CNC(C)C.Cc1cc(C(=O)O)cc(N(C)C(C)C)n1. The van der Waals surface area contributed by atoms with Crippen LogP contribution in [0.4, 0.5) is 5.82 Å². The first-order chi connectivity index (χ1) is 9.18. The zero-order valence-corrected chi connectivity index (χ0v) is 13.6. The molecule has 1 heterocycles. The Morgan fingerprint density at radius 1 is 1.30 bits per heavy atom. The molecule has 1 rings (SSSR count). The number of carboxylic acid groups (broad SMARTS) is 1. The van der Waals surface area contributed by atoms with E-state index in [4.69, 9.17) is 5.11 Å². The number of nitrogens with zero attached hydrogens (tertiary/aromatic N) is 2. The average molecular weight is 281 g/mol. The molecule has 1 aromatic heterocycles. The molecule has 0 amide bonds. The maximum absolute atomic E-state index is 10.9. The van der Waals surface area contributed by atoms with Crippen LogP contribution >= 0.6 is 0 Å². The number of nitrogens with one attached hydrogen (secondary N) is 1. The van der Waals surface area contributed by atoms with Gasteiger partial charge in [0.05, 0.1) is 5.56 Å². The first-order valence-corrected chi connectivity index (χ1v) is 6.81. The molecule has 0 aliphatic rings. The highest BCUT2D eigenvalue weighted by Gasteiger charge is 2.11. The summed E-state index contributed by atoms with van der Waals surface area (Å²) < 4.78 is 0. The van der Waals surface area contributed by atoms with Gasteiger partial charge in [0, 0.05) is 24.8 Å². The number of anilines is 1. The van der Waals surface area contributed by atoms with Crippen LogP contribution in [-0.4, -0.2) is 42.2 Å². The quantitative estimate of drug-likeness (QED) is 0.888. The first kappa shape index (κ1) is 18.4. The van der Waals surface area contributed by atoms with Crippen molar-refractivity contribution in [1.29, 1.82) is 0 Å². The van der Waals surface area contributed by atoms with Crippen molar-refractivity contribution in [3.8, 4) is 0 Å². The molecule has 0 bridgehead atoms. The number of hydrogen-bond donors (Lipinski definition) is 2. The van der Waals surface area contributed by atoms with Gasteiger partial charge >= 0.3 is 5.97 Å². The molecule has 0 aliphatic carbocycles. The molecule has 114 valence electrons. The Bertz CT molecular complexity index is 431. The van der Waals surface area contributed by atoms with Crippen molar-refractivity contribution in [2.24, 2.45) is 0 Å². The van der Waals surface area contributed by atoms with E-state index in [1.807, 2.05) is 32.8 Å². The summed E-state index contributed by atoms with van der Waals surface area (Å²) in [6.07, 6.45) is 0. The zero-order chi connectivity index (χ0) is 15.9. The Morgan fingerprint density at radius 3 is 2.15 bits per heavy atom. The summed E-state index contributed by atoms with van der Waals surface area (Å²) in [6.45, 7) is 10.1. The third kappa shape index (κ3) is 6.52. The van der Waals surface area contributed by atoms with Gasteiger partial charge in [0.2, 0.25) is 0 Å². The summed E-state index contributed by atoms with van der Waals surface area (Å²) in [5, 5.41) is 11.9. The minimum atomic E-state index is -0.918. The van der Waals surface area contributed by atoms with Gasteiger partial charge in [0.25, 0.3) is 0 Å². The molecular formula is C15H27N3O2. The topological polar surface area (TPSA) is 65.5 Å². The molecule has 0 saturated heterocycles. The fraction of sp³-hybridized carbons (Fsp3) is 0.600. The first-order valence-electron chi connectivity index (χ1n) is 6.81. The fourth-order valence-electron chi connectivity index (χ4n) is 1.22. The summed E-state index contributed by atoms with van der Waals surface area (Å²) in [7, 11) is 3.85. The van der Waals surface area contributed by atoms with Gasteiger partial charge in [-0.3, -0.25) is 0 Å². The molecule has 0 fully saturated rings. The smallest absolute Gasteiger partial charge is 0.335 e. The van der Waals surface area contributed by atoms with Crippen molar-refractivity contribution in [1.82, 2.24) is 10.3 Å². The number of rotatable bonds is 4. The van der Waals surface area contributed by atoms with Crippen LogP contribution in [0.25, 0.3) is 0 Å². The van der Waals surface area contributed by atoms with Gasteiger partial charge in [-0.15, -0.1) is 0 Å². The predicted molar refractivity (Wildman–Crippen MR) is 83.7 cm³/mol. The molecule has 0 saturated carbocycles. The monoisotopic (exact) mass is 281 g/mol. The van der Waals surface area contributed by atoms with Gasteiger partial charge in [-0.25, -0.2) is 9.78 Å². The van der Waals surface area contributed by atoms with E-state index in [1.54, 1.807) is 19.1 Å². The van der Waals surface area contributed by atoms with E-state index < -0.39 is 5.97 Å². The van der Waals surface area contributed by atoms with E-state index in [2.05, 4.69) is 24.1 Å². The molecular weight excluding hydrogens is 254 g/mol. The largest absolute Gasteiger partial charge is 0.478 e. The van der Waals surface area contributed by atoms with Crippen LogP contribution in [0.2, 0.25) is 0 Å². The number of aromatic nitrogens is 1. The van der Waals surface area contributed by atoms with Crippen molar-refractivity contribution in [3.63, 3.8) is 0 Å². The van der Waals surface area contributed by atoms with Crippen LogP contribution in [0.15, 0.2) is 12.1 Å². The number of carbonyl (C=O) groups is 1. The van der Waals surface area contributed by atoms with Gasteiger partial charge in [0.1, 0.15) is 5.82 Å². The molecule has 2 N–H and O–H groups in total. The average Bonchev–Trinajstić information content (AvgIpc) is 2.37. The normalized spacial score (nSPS) is 10.2. The second-order valence-corrected chi connectivity index (χ2v) is 5.31. The molecule has 0 spiro atoms. The molecule has 0 radical (unpaired) electrons. The van der Waals surface area contributed by atoms with E-state index in [0.717, 1.165) is 5.69 Å². The Morgan fingerprint density at radius 2 is 1.80 bits per heavy atom. The van der Waals surface area contributed by atoms with E-state index in [-0.39, 0.29) is 5.56 Å². The number of carboxylic acids is 1. The summed E-state index contributed by atoms with van der Waals surface area (Å²) in [6, 6.07) is 4.09. The van der Waals surface area contributed by atoms with E-state index in [1.165, 1.54) is 0 Å². The zero-order valence-electron chi connectivity index (χ0n) is 13.6. The van der Waals surface area contributed by atoms with Crippen molar-refractivity contribution in [3.05, 3.63) is 23.4 Å². The van der Waals surface area contributed by atoms with Crippen molar-refractivity contribution >= 4 is 11.8 Å². The Labute approximate surface area is 122 Å². The number of hydrogen-bond acceptors (Lipinski definition) is 4. The molecule has 20 heavy (non-hydrogen) atoms. The third-order valence-electron chi connectivity index (χ3n) is 2.90. The summed E-state index contributed by atoms with van der Waals surface area (Å²) in [5.74, 6) is -0.221. The van der Waals surface area contributed by atoms with Crippen LogP contribution in [0.5, 0.6) is 0 Å². The number of aryl methyl sites for hydroxylation is 1. The van der Waals surface area contributed by atoms with Crippen LogP contribution in [0.1, 0.15) is 43.7 Å². The van der Waals surface area contributed by atoms with Gasteiger partial charge in [-0.2, -0.15) is 0 Å². The predicted octanol–water partition coefficient (Wildman–Crippen LogP) is 2.55. The maximum atomic E-state index is 10.9. The number of pyridine rings is 1. The third-order valence-corrected chi connectivity index (χ3v) is 2.90. The highest BCUT2D eigenvalue weighted by molar-refractivity contribution is 5.88. The van der Waals surface area contributed by atoms with Crippen LogP contribution in [0, 0.1) is 6.92 Å². The molecule has 0 aliphatic heterocycles. The summed E-state index contributed by atoms with van der Waals surface area (Å²) >= 11 is 0. The van der Waals surface area contributed by atoms with E-state index in [0.29, 0.717) is 17.9 Å². The van der Waals surface area contributed by atoms with E-state index >= 15 is 0 Å². The fourth-order valence-corrected chi connectivity index (χ4v) is 1.22. The van der Waals surface area contributed by atoms with Gasteiger partial charge < -0.3 is 15.3 Å². The highest BCUT2D eigenvalue weighted by atomic mass is 16.4. The lowest BCUT2D eigenvalue weighted by Crippen LogP contribution is -2.27. The lowest BCUT2D eigenvalue weighted by Gasteiger charge is -2.23. The highest BCUT2D eigenvalue weighted by Crippen LogP contribution is 2.15. The minimum absolute atomic E-state index is 0.282. The second kappa shape index (κ2) is 8.53. The Hall–Kier alpha value is -1.62. The van der Waals surface area contributed by atoms with Crippen LogP contribution in [-0.2, 0) is 0 Å². The number of aromatic carboxylic acids is 1. The standard InChI is InChI=1S/C11H16N2O2.C4H11N/c1-7(2)13(4)10-6-9(11(14)15)5-8(3)12-10;1-4(2)5-3/h5-7H,1-4H3,(H,14,15);4-5H,1-3H3. The van der Waals surface area contributed by atoms with Crippen molar-refractivity contribution in [2.75, 3.05) is 19.0 Å². The Kier molecular flexibility index (Phi) is 7.84. The molecule has 1 aromatic rings. The van der Waals surface area contributed by atoms with Gasteiger partial charge in [-0.1, -0.05) is 13.8 Å². The van der Waals surface area contributed by atoms with Crippen LogP contribution in [0.3, 0.4) is 0 Å².